The van der Waals surface area contributed by atoms with Crippen LogP contribution in [0.1, 0.15) is 27.2 Å². The minimum atomic E-state index is -0.131. The van der Waals surface area contributed by atoms with Crippen LogP contribution in [0.5, 0.6) is 0 Å². The van der Waals surface area contributed by atoms with Crippen molar-refractivity contribution in [1.82, 2.24) is 4.90 Å². The van der Waals surface area contributed by atoms with Crippen molar-refractivity contribution in [2.75, 3.05) is 26.9 Å². The van der Waals surface area contributed by atoms with E-state index in [1.54, 1.807) is 7.11 Å². The fourth-order valence-corrected chi connectivity index (χ4v) is 1.90. The minimum absolute atomic E-state index is 0.00935. The third kappa shape index (κ3) is 4.47. The van der Waals surface area contributed by atoms with E-state index in [0.717, 1.165) is 13.0 Å². The maximum absolute atomic E-state index is 9.39. The number of hydrogen-bond acceptors (Lipinski definition) is 4. The van der Waals surface area contributed by atoms with Gasteiger partial charge in [-0.2, -0.15) is 0 Å². The zero-order valence-corrected chi connectivity index (χ0v) is 10.4. The summed E-state index contributed by atoms with van der Waals surface area (Å²) < 4.78 is 5.03. The van der Waals surface area contributed by atoms with E-state index < -0.39 is 0 Å². The van der Waals surface area contributed by atoms with E-state index >= 15 is 0 Å². The van der Waals surface area contributed by atoms with Crippen molar-refractivity contribution in [3.8, 4) is 0 Å². The Hall–Kier alpha value is -0.160. The molecule has 0 amide bonds. The molecule has 92 valence electrons. The van der Waals surface area contributed by atoms with Gasteiger partial charge in [-0.3, -0.25) is 4.90 Å². The molecule has 15 heavy (non-hydrogen) atoms. The maximum Gasteiger partial charge on any atom is 0.0629 e. The van der Waals surface area contributed by atoms with Gasteiger partial charge < -0.3 is 15.6 Å². The van der Waals surface area contributed by atoms with Crippen molar-refractivity contribution in [3.05, 3.63) is 0 Å². The van der Waals surface area contributed by atoms with Crippen molar-refractivity contribution in [2.45, 2.75) is 45.3 Å². The van der Waals surface area contributed by atoms with E-state index in [1.165, 1.54) is 0 Å². The highest BCUT2D eigenvalue weighted by molar-refractivity contribution is 4.83. The monoisotopic (exact) mass is 218 g/mol. The first kappa shape index (κ1) is 14.8. The smallest absolute Gasteiger partial charge is 0.0629 e. The van der Waals surface area contributed by atoms with E-state index in [9.17, 15) is 5.11 Å². The van der Waals surface area contributed by atoms with Crippen LogP contribution in [-0.2, 0) is 4.74 Å². The molecular formula is C11H26N2O2. The van der Waals surface area contributed by atoms with Gasteiger partial charge in [-0.25, -0.2) is 0 Å². The van der Waals surface area contributed by atoms with Gasteiger partial charge in [-0.1, -0.05) is 13.8 Å². The van der Waals surface area contributed by atoms with E-state index in [0.29, 0.717) is 12.6 Å². The number of nitrogens with two attached hydrogens (primary N) is 1. The zero-order valence-electron chi connectivity index (χ0n) is 10.4. The summed E-state index contributed by atoms with van der Waals surface area (Å²) in [5, 5.41) is 9.39. The van der Waals surface area contributed by atoms with Gasteiger partial charge in [0.25, 0.3) is 0 Å². The molecule has 0 aliphatic heterocycles. The normalized spacial score (nSPS) is 17.8. The molecule has 0 spiro atoms. The molecule has 0 aliphatic rings. The summed E-state index contributed by atoms with van der Waals surface area (Å²) in [6, 6.07) is 0.300. The lowest BCUT2D eigenvalue weighted by Gasteiger charge is -2.37. The summed E-state index contributed by atoms with van der Waals surface area (Å²) >= 11 is 0. The van der Waals surface area contributed by atoms with E-state index in [-0.39, 0.29) is 18.7 Å². The molecule has 3 N–H and O–H groups in total. The molecule has 0 saturated carbocycles. The van der Waals surface area contributed by atoms with E-state index in [4.69, 9.17) is 10.5 Å². The van der Waals surface area contributed by atoms with E-state index in [1.807, 2.05) is 0 Å². The number of likely N-dealkylation sites (N-methyl/N-ethyl adjacent to an activating group) is 1. The van der Waals surface area contributed by atoms with Gasteiger partial charge in [0.2, 0.25) is 0 Å². The van der Waals surface area contributed by atoms with Crippen molar-refractivity contribution < 1.29 is 9.84 Å². The number of nitrogens with zero attached hydrogens (tertiary/aromatic N) is 1. The summed E-state index contributed by atoms with van der Waals surface area (Å²) in [5.74, 6) is 0. The Morgan fingerprint density at radius 3 is 2.33 bits per heavy atom. The summed E-state index contributed by atoms with van der Waals surface area (Å²) in [4.78, 5) is 2.24. The molecule has 3 unspecified atom stereocenters. The molecule has 4 heteroatoms. The van der Waals surface area contributed by atoms with Crippen LogP contribution in [0.15, 0.2) is 0 Å². The standard InChI is InChI=1S/C11H26N2O2/c1-5-9(3)13(6-2)11(7-14)10(12)8-15-4/h9-11,14H,5-8,12H2,1-4H3. The van der Waals surface area contributed by atoms with Crippen LogP contribution in [0, 0.1) is 0 Å². The summed E-state index contributed by atoms with van der Waals surface area (Å²) in [5.41, 5.74) is 5.98. The van der Waals surface area contributed by atoms with Crippen LogP contribution in [-0.4, -0.2) is 55.0 Å². The van der Waals surface area contributed by atoms with Gasteiger partial charge in [-0.15, -0.1) is 0 Å². The van der Waals surface area contributed by atoms with Gasteiger partial charge in [0.05, 0.1) is 19.3 Å². The molecule has 0 radical (unpaired) electrons. The third-order valence-corrected chi connectivity index (χ3v) is 2.99. The quantitative estimate of drug-likeness (QED) is 0.621. The summed E-state index contributed by atoms with van der Waals surface area (Å²) in [6.45, 7) is 7.86. The van der Waals surface area contributed by atoms with Crippen LogP contribution in [0.3, 0.4) is 0 Å². The second kappa shape index (κ2) is 8.05. The number of methoxy groups -OCH3 is 1. The molecule has 0 saturated heterocycles. The molecule has 0 fully saturated rings. The predicted molar refractivity (Wildman–Crippen MR) is 62.9 cm³/mol. The first-order valence-electron chi connectivity index (χ1n) is 5.73. The second-order valence-electron chi connectivity index (χ2n) is 3.96. The Kier molecular flexibility index (Phi) is 7.96. The minimum Gasteiger partial charge on any atom is -0.395 e. The molecule has 0 heterocycles. The lowest BCUT2D eigenvalue weighted by molar-refractivity contribution is 0.0502. The Bertz CT molecular complexity index is 156. The molecule has 3 atom stereocenters. The molecule has 0 aromatic carbocycles. The van der Waals surface area contributed by atoms with Gasteiger partial charge in [0, 0.05) is 19.2 Å². The average Bonchev–Trinajstić information content (AvgIpc) is 2.24. The number of aliphatic hydroxyl groups excluding tert-OH is 1. The van der Waals surface area contributed by atoms with Gasteiger partial charge >= 0.3 is 0 Å². The average molecular weight is 218 g/mol. The largest absolute Gasteiger partial charge is 0.395 e. The highest BCUT2D eigenvalue weighted by atomic mass is 16.5. The molecule has 0 aromatic rings. The van der Waals surface area contributed by atoms with Gasteiger partial charge in [0.15, 0.2) is 0 Å². The zero-order chi connectivity index (χ0) is 11.8. The molecule has 4 nitrogen and oxygen atoms in total. The second-order valence-corrected chi connectivity index (χ2v) is 3.96. The van der Waals surface area contributed by atoms with E-state index in [2.05, 4.69) is 25.7 Å². The Morgan fingerprint density at radius 1 is 1.40 bits per heavy atom. The van der Waals surface area contributed by atoms with Gasteiger partial charge in [-0.05, 0) is 19.9 Å². The molecule has 0 bridgehead atoms. The lowest BCUT2D eigenvalue weighted by atomic mass is 10.1. The summed E-state index contributed by atoms with van der Waals surface area (Å²) in [7, 11) is 1.63. The molecular weight excluding hydrogens is 192 g/mol. The van der Waals surface area contributed by atoms with Crippen LogP contribution in [0.4, 0.5) is 0 Å². The molecule has 0 aliphatic carbocycles. The van der Waals surface area contributed by atoms with Crippen LogP contribution in [0.2, 0.25) is 0 Å². The Labute approximate surface area is 93.4 Å². The number of hydrogen-bond donors (Lipinski definition) is 2. The van der Waals surface area contributed by atoms with Crippen LogP contribution < -0.4 is 5.73 Å². The molecule has 0 rings (SSSR count). The first-order valence-corrected chi connectivity index (χ1v) is 5.73. The Morgan fingerprint density at radius 2 is 2.00 bits per heavy atom. The van der Waals surface area contributed by atoms with Crippen molar-refractivity contribution in [1.29, 1.82) is 0 Å². The first-order chi connectivity index (χ1) is 7.12. The number of rotatable bonds is 8. The fraction of sp³-hybridized carbons (Fsp3) is 1.00. The number of aliphatic hydroxyl groups is 1. The fourth-order valence-electron chi connectivity index (χ4n) is 1.90. The number of ether oxygens (including phenoxy) is 1. The third-order valence-electron chi connectivity index (χ3n) is 2.99. The van der Waals surface area contributed by atoms with Crippen molar-refractivity contribution in [3.63, 3.8) is 0 Å². The SMILES string of the molecule is CCC(C)N(CC)C(CO)C(N)COC. The highest BCUT2D eigenvalue weighted by Gasteiger charge is 2.25. The highest BCUT2D eigenvalue weighted by Crippen LogP contribution is 2.11. The topological polar surface area (TPSA) is 58.7 Å². The van der Waals surface area contributed by atoms with Crippen LogP contribution in [0.25, 0.3) is 0 Å². The maximum atomic E-state index is 9.39. The molecule has 0 aromatic heterocycles. The predicted octanol–water partition coefficient (Wildman–Crippen LogP) is 0.441. The van der Waals surface area contributed by atoms with Crippen molar-refractivity contribution >= 4 is 0 Å². The Balaban J connectivity index is 4.44. The van der Waals surface area contributed by atoms with Crippen LogP contribution >= 0.6 is 0 Å². The lowest BCUT2D eigenvalue weighted by Crippen LogP contribution is -2.54. The summed E-state index contributed by atoms with van der Waals surface area (Å²) in [6.07, 6.45) is 1.06. The van der Waals surface area contributed by atoms with Crippen molar-refractivity contribution in [2.24, 2.45) is 5.73 Å². The van der Waals surface area contributed by atoms with Gasteiger partial charge in [0.1, 0.15) is 0 Å².